The molecule has 1 aliphatic carbocycles. The van der Waals surface area contributed by atoms with Gasteiger partial charge in [0.25, 0.3) is 5.91 Å². The van der Waals surface area contributed by atoms with Gasteiger partial charge >= 0.3 is 0 Å². The molecule has 0 unspecified atom stereocenters. The molecule has 3 rings (SSSR count). The maximum absolute atomic E-state index is 12.6. The van der Waals surface area contributed by atoms with Gasteiger partial charge in [0, 0.05) is 24.7 Å². The van der Waals surface area contributed by atoms with Crippen LogP contribution in [0.25, 0.3) is 0 Å². The largest absolute Gasteiger partial charge is 0.474 e. The molecular formula is C20H27N3O2S. The second kappa shape index (κ2) is 8.62. The van der Waals surface area contributed by atoms with E-state index in [0.29, 0.717) is 23.2 Å². The normalized spacial score (nSPS) is 14.8. The predicted octanol–water partition coefficient (Wildman–Crippen LogP) is 4.30. The molecular weight excluding hydrogens is 346 g/mol. The summed E-state index contributed by atoms with van der Waals surface area (Å²) in [5.74, 6) is 1.09. The van der Waals surface area contributed by atoms with Gasteiger partial charge in [-0.2, -0.15) is 0 Å². The number of aromatic nitrogens is 2. The highest BCUT2D eigenvalue weighted by Crippen LogP contribution is 2.25. The first-order valence-corrected chi connectivity index (χ1v) is 10.2. The van der Waals surface area contributed by atoms with Gasteiger partial charge in [-0.05, 0) is 44.6 Å². The van der Waals surface area contributed by atoms with Crippen molar-refractivity contribution >= 4 is 17.2 Å². The van der Waals surface area contributed by atoms with E-state index in [1.165, 1.54) is 24.2 Å². The lowest BCUT2D eigenvalue weighted by atomic mass is 10.1. The zero-order chi connectivity index (χ0) is 18.5. The van der Waals surface area contributed by atoms with E-state index >= 15 is 0 Å². The molecule has 140 valence electrons. The van der Waals surface area contributed by atoms with Crippen molar-refractivity contribution in [3.63, 3.8) is 0 Å². The van der Waals surface area contributed by atoms with Crippen molar-refractivity contribution < 1.29 is 9.53 Å². The number of hydrogen-bond donors (Lipinski definition) is 1. The summed E-state index contributed by atoms with van der Waals surface area (Å²) in [5, 5.41) is 4.02. The molecule has 26 heavy (non-hydrogen) atoms. The number of carbonyl (C=O) groups is 1. The van der Waals surface area contributed by atoms with E-state index in [4.69, 9.17) is 4.74 Å². The van der Waals surface area contributed by atoms with E-state index in [0.717, 1.165) is 35.5 Å². The number of hydrogen-bond acceptors (Lipinski definition) is 5. The zero-order valence-corrected chi connectivity index (χ0v) is 16.6. The summed E-state index contributed by atoms with van der Waals surface area (Å²) in [4.78, 5) is 22.2. The Labute approximate surface area is 159 Å². The van der Waals surface area contributed by atoms with Crippen molar-refractivity contribution in [1.82, 2.24) is 15.3 Å². The molecule has 0 aromatic carbocycles. The third kappa shape index (κ3) is 4.81. The van der Waals surface area contributed by atoms with Gasteiger partial charge in [-0.1, -0.05) is 19.9 Å². The van der Waals surface area contributed by atoms with Crippen LogP contribution in [0, 0.1) is 12.8 Å². The van der Waals surface area contributed by atoms with Crippen LogP contribution in [0.15, 0.2) is 18.3 Å². The van der Waals surface area contributed by atoms with Crippen LogP contribution in [-0.2, 0) is 13.0 Å². The third-order valence-corrected chi connectivity index (χ3v) is 5.68. The van der Waals surface area contributed by atoms with Gasteiger partial charge < -0.3 is 10.1 Å². The summed E-state index contributed by atoms with van der Waals surface area (Å²) in [6, 6.07) is 3.84. The van der Waals surface area contributed by atoms with E-state index in [2.05, 4.69) is 29.1 Å². The number of thiazole rings is 1. The van der Waals surface area contributed by atoms with Gasteiger partial charge in [-0.3, -0.25) is 4.79 Å². The van der Waals surface area contributed by atoms with Gasteiger partial charge in [-0.15, -0.1) is 11.3 Å². The highest BCUT2D eigenvalue weighted by molar-refractivity contribution is 7.13. The molecule has 1 aliphatic rings. The van der Waals surface area contributed by atoms with Crippen LogP contribution >= 0.6 is 11.3 Å². The van der Waals surface area contributed by atoms with Gasteiger partial charge in [-0.25, -0.2) is 9.97 Å². The summed E-state index contributed by atoms with van der Waals surface area (Å²) < 4.78 is 6.04. The van der Waals surface area contributed by atoms with Crippen LogP contribution in [-0.4, -0.2) is 22.0 Å². The maximum Gasteiger partial charge on any atom is 0.263 e. The average Bonchev–Trinajstić information content (AvgIpc) is 3.23. The minimum absolute atomic E-state index is 0.0781. The number of pyridine rings is 1. The fourth-order valence-corrected chi connectivity index (χ4v) is 4.38. The first-order valence-electron chi connectivity index (χ1n) is 9.38. The lowest BCUT2D eigenvalue weighted by Crippen LogP contribution is -2.23. The first kappa shape index (κ1) is 18.8. The number of nitrogens with one attached hydrogen (secondary N) is 1. The molecule has 0 spiro atoms. The summed E-state index contributed by atoms with van der Waals surface area (Å²) in [5.41, 5.74) is 1.72. The molecule has 2 heterocycles. The molecule has 2 aromatic heterocycles. The lowest BCUT2D eigenvalue weighted by Gasteiger charge is -2.15. The van der Waals surface area contributed by atoms with Crippen LogP contribution in [0.2, 0.25) is 0 Å². The molecule has 0 atom stereocenters. The molecule has 5 nitrogen and oxygen atoms in total. The van der Waals surface area contributed by atoms with Crippen molar-refractivity contribution in [3.8, 4) is 5.88 Å². The molecule has 0 aliphatic heterocycles. The van der Waals surface area contributed by atoms with E-state index in [9.17, 15) is 4.79 Å². The Morgan fingerprint density at radius 2 is 2.15 bits per heavy atom. The Morgan fingerprint density at radius 1 is 1.38 bits per heavy atom. The van der Waals surface area contributed by atoms with E-state index < -0.39 is 0 Å². The fraction of sp³-hybridized carbons (Fsp3) is 0.550. The molecule has 1 fully saturated rings. The quantitative estimate of drug-likeness (QED) is 0.786. The van der Waals surface area contributed by atoms with Gasteiger partial charge in [0.1, 0.15) is 11.0 Å². The maximum atomic E-state index is 12.6. The summed E-state index contributed by atoms with van der Waals surface area (Å²) in [7, 11) is 0. The molecule has 1 N–H and O–H groups in total. The molecule has 0 bridgehead atoms. The summed E-state index contributed by atoms with van der Waals surface area (Å²) >= 11 is 1.49. The number of rotatable bonds is 7. The SMILES string of the molecule is Cc1nc(CC(C)C)sc1C(=O)NCc1cccnc1OC1CCCC1. The smallest absolute Gasteiger partial charge is 0.263 e. The Balaban J connectivity index is 1.63. The van der Waals surface area contributed by atoms with E-state index in [1.54, 1.807) is 6.20 Å². The minimum Gasteiger partial charge on any atom is -0.474 e. The van der Waals surface area contributed by atoms with Gasteiger partial charge in [0.2, 0.25) is 5.88 Å². The molecule has 6 heteroatoms. The number of ether oxygens (including phenoxy) is 1. The predicted molar refractivity (Wildman–Crippen MR) is 104 cm³/mol. The minimum atomic E-state index is -0.0781. The number of amides is 1. The molecule has 1 amide bonds. The van der Waals surface area contributed by atoms with Crippen LogP contribution in [0.1, 0.15) is 65.5 Å². The Bertz CT molecular complexity index is 751. The Kier molecular flexibility index (Phi) is 6.25. The molecule has 2 aromatic rings. The van der Waals surface area contributed by atoms with Crippen molar-refractivity contribution in [3.05, 3.63) is 39.5 Å². The zero-order valence-electron chi connectivity index (χ0n) is 15.7. The standard InChI is InChI=1S/C20H27N3O2S/c1-13(2)11-17-23-14(3)18(26-17)19(24)22-12-15-7-6-10-21-20(15)25-16-8-4-5-9-16/h6-7,10,13,16H,4-5,8-9,11-12H2,1-3H3,(H,22,24). The van der Waals surface area contributed by atoms with Crippen molar-refractivity contribution in [2.45, 2.75) is 65.5 Å². The van der Waals surface area contributed by atoms with E-state index in [1.807, 2.05) is 19.1 Å². The lowest BCUT2D eigenvalue weighted by molar-refractivity contribution is 0.0953. The number of carbonyl (C=O) groups excluding carboxylic acids is 1. The Morgan fingerprint density at radius 3 is 2.88 bits per heavy atom. The molecule has 0 radical (unpaired) electrons. The average molecular weight is 374 g/mol. The highest BCUT2D eigenvalue weighted by atomic mass is 32.1. The third-order valence-electron chi connectivity index (χ3n) is 4.50. The second-order valence-electron chi connectivity index (χ2n) is 7.29. The topological polar surface area (TPSA) is 64.1 Å². The van der Waals surface area contributed by atoms with Gasteiger partial charge in [0.15, 0.2) is 0 Å². The van der Waals surface area contributed by atoms with Crippen molar-refractivity contribution in [2.24, 2.45) is 5.92 Å². The van der Waals surface area contributed by atoms with Gasteiger partial charge in [0.05, 0.1) is 10.7 Å². The first-order chi connectivity index (χ1) is 12.5. The van der Waals surface area contributed by atoms with Crippen LogP contribution in [0.4, 0.5) is 0 Å². The Hall–Kier alpha value is -1.95. The van der Waals surface area contributed by atoms with Crippen molar-refractivity contribution in [2.75, 3.05) is 0 Å². The van der Waals surface area contributed by atoms with Crippen LogP contribution < -0.4 is 10.1 Å². The molecule has 0 saturated heterocycles. The number of nitrogens with zero attached hydrogens (tertiary/aromatic N) is 2. The van der Waals surface area contributed by atoms with E-state index in [-0.39, 0.29) is 12.0 Å². The second-order valence-corrected chi connectivity index (χ2v) is 8.38. The molecule has 1 saturated carbocycles. The van der Waals surface area contributed by atoms with Crippen LogP contribution in [0.3, 0.4) is 0 Å². The summed E-state index contributed by atoms with van der Waals surface area (Å²) in [6.07, 6.45) is 7.49. The monoisotopic (exact) mass is 373 g/mol. The fourth-order valence-electron chi connectivity index (χ4n) is 3.18. The summed E-state index contributed by atoms with van der Waals surface area (Å²) in [6.45, 7) is 6.62. The highest BCUT2D eigenvalue weighted by Gasteiger charge is 2.20. The number of aryl methyl sites for hydroxylation is 1. The van der Waals surface area contributed by atoms with Crippen molar-refractivity contribution in [1.29, 1.82) is 0 Å². The van der Waals surface area contributed by atoms with Crippen LogP contribution in [0.5, 0.6) is 5.88 Å².